The van der Waals surface area contributed by atoms with Crippen LogP contribution in [0.2, 0.25) is 0 Å². The van der Waals surface area contributed by atoms with Crippen LogP contribution in [0.4, 0.5) is 0 Å². The zero-order valence-electron chi connectivity index (χ0n) is 14.1. The summed E-state index contributed by atoms with van der Waals surface area (Å²) in [6.45, 7) is 2.03. The van der Waals surface area contributed by atoms with Crippen LogP contribution in [-0.2, 0) is 0 Å². The first kappa shape index (κ1) is 16.3. The molecule has 2 aromatic heterocycles. The molecule has 3 aromatic rings. The molecule has 1 atom stereocenters. The minimum absolute atomic E-state index is 0.0155. The lowest BCUT2D eigenvalue weighted by molar-refractivity contribution is 0.307. The van der Waals surface area contributed by atoms with Crippen molar-refractivity contribution in [2.45, 2.75) is 55.5 Å². The zero-order chi connectivity index (χ0) is 17.1. The van der Waals surface area contributed by atoms with Crippen LogP contribution in [0.15, 0.2) is 39.9 Å². The van der Waals surface area contributed by atoms with Crippen molar-refractivity contribution in [3.8, 4) is 11.5 Å². The molecule has 0 unspecified atom stereocenters. The lowest BCUT2D eigenvalue weighted by Gasteiger charge is -2.22. The fourth-order valence-electron chi connectivity index (χ4n) is 3.12. The molecule has 2 heterocycles. The van der Waals surface area contributed by atoms with Gasteiger partial charge in [-0.3, -0.25) is 0 Å². The Labute approximate surface area is 150 Å². The van der Waals surface area contributed by atoms with Gasteiger partial charge in [-0.2, -0.15) is 0 Å². The summed E-state index contributed by atoms with van der Waals surface area (Å²) in [6, 6.07) is 10.2. The van der Waals surface area contributed by atoms with Gasteiger partial charge in [0.05, 0.1) is 11.3 Å². The van der Waals surface area contributed by atoms with Crippen molar-refractivity contribution in [2.75, 3.05) is 0 Å². The number of benzene rings is 1. The Hall–Kier alpha value is -2.22. The number of hydrogen-bond donors (Lipinski definition) is 0. The van der Waals surface area contributed by atoms with Gasteiger partial charge in [-0.25, -0.2) is 4.68 Å². The van der Waals surface area contributed by atoms with Gasteiger partial charge in [0, 0.05) is 5.56 Å². The van der Waals surface area contributed by atoms with E-state index in [4.69, 9.17) is 4.42 Å². The highest BCUT2D eigenvalue weighted by atomic mass is 32.2. The van der Waals surface area contributed by atoms with E-state index in [1.165, 1.54) is 19.3 Å². The maximum absolute atomic E-state index is 5.84. The zero-order valence-corrected chi connectivity index (χ0v) is 14.9. The predicted octanol–water partition coefficient (Wildman–Crippen LogP) is 4.08. The number of rotatable bonds is 5. The van der Waals surface area contributed by atoms with Crippen LogP contribution in [0.25, 0.3) is 11.5 Å². The van der Waals surface area contributed by atoms with Gasteiger partial charge < -0.3 is 4.42 Å². The van der Waals surface area contributed by atoms with Crippen LogP contribution in [0.5, 0.6) is 0 Å². The summed E-state index contributed by atoms with van der Waals surface area (Å²) >= 11 is 1.56. The summed E-state index contributed by atoms with van der Waals surface area (Å²) in [4.78, 5) is 0. The van der Waals surface area contributed by atoms with Crippen molar-refractivity contribution in [3.05, 3.63) is 36.2 Å². The van der Waals surface area contributed by atoms with Gasteiger partial charge in [-0.05, 0) is 42.3 Å². The highest BCUT2D eigenvalue weighted by Crippen LogP contribution is 2.36. The number of aromatic nitrogens is 6. The fourth-order valence-corrected chi connectivity index (χ4v) is 4.01. The minimum atomic E-state index is -0.0155. The molecule has 0 bridgehead atoms. The van der Waals surface area contributed by atoms with Gasteiger partial charge in [-0.1, -0.05) is 49.2 Å². The highest BCUT2D eigenvalue weighted by Gasteiger charge is 2.24. The first-order valence-electron chi connectivity index (χ1n) is 8.64. The summed E-state index contributed by atoms with van der Waals surface area (Å²) in [5.41, 5.74) is 0.922. The van der Waals surface area contributed by atoms with Crippen LogP contribution < -0.4 is 0 Å². The standard InChI is InChI=1S/C17H20N6OS/c1-12(15-18-19-16(24-15)13-8-4-2-5-9-13)25-17-20-21-22-23(17)14-10-6-3-7-11-14/h2,4-5,8-9,12,14H,3,6-7,10-11H2,1H3/t12-/m0/s1. The molecule has 130 valence electrons. The molecule has 0 aliphatic heterocycles. The molecule has 0 saturated heterocycles. The average Bonchev–Trinajstić information content (AvgIpc) is 3.33. The van der Waals surface area contributed by atoms with E-state index in [2.05, 4.69) is 25.7 Å². The first-order valence-corrected chi connectivity index (χ1v) is 9.52. The molecule has 1 fully saturated rings. The summed E-state index contributed by atoms with van der Waals surface area (Å²) in [6.07, 6.45) is 6.09. The van der Waals surface area contributed by atoms with Crippen LogP contribution in [0.3, 0.4) is 0 Å². The van der Waals surface area contributed by atoms with E-state index in [1.54, 1.807) is 11.8 Å². The highest BCUT2D eigenvalue weighted by molar-refractivity contribution is 7.99. The van der Waals surface area contributed by atoms with Crippen LogP contribution in [0.1, 0.15) is 56.2 Å². The Morgan fingerprint density at radius 3 is 2.68 bits per heavy atom. The van der Waals surface area contributed by atoms with Gasteiger partial charge in [-0.15, -0.1) is 15.3 Å². The van der Waals surface area contributed by atoms with E-state index >= 15 is 0 Å². The van der Waals surface area contributed by atoms with Gasteiger partial charge >= 0.3 is 0 Å². The molecule has 1 saturated carbocycles. The second kappa shape index (κ2) is 7.35. The molecule has 1 aliphatic rings. The Morgan fingerprint density at radius 1 is 1.08 bits per heavy atom. The topological polar surface area (TPSA) is 82.5 Å². The molecule has 25 heavy (non-hydrogen) atoms. The molecule has 0 radical (unpaired) electrons. The number of tetrazole rings is 1. The van der Waals surface area contributed by atoms with E-state index in [0.717, 1.165) is 23.6 Å². The van der Waals surface area contributed by atoms with Gasteiger partial charge in [0.1, 0.15) is 0 Å². The van der Waals surface area contributed by atoms with E-state index in [1.807, 2.05) is 41.9 Å². The fraction of sp³-hybridized carbons (Fsp3) is 0.471. The van der Waals surface area contributed by atoms with E-state index < -0.39 is 0 Å². The summed E-state index contributed by atoms with van der Waals surface area (Å²) in [7, 11) is 0. The average molecular weight is 356 g/mol. The Bertz CT molecular complexity index is 811. The molecule has 1 aromatic carbocycles. The Morgan fingerprint density at radius 2 is 1.88 bits per heavy atom. The third-order valence-electron chi connectivity index (χ3n) is 4.47. The smallest absolute Gasteiger partial charge is 0.247 e. The lowest BCUT2D eigenvalue weighted by atomic mass is 9.96. The molecule has 4 rings (SSSR count). The molecule has 7 nitrogen and oxygen atoms in total. The minimum Gasteiger partial charge on any atom is -0.419 e. The van der Waals surface area contributed by atoms with Crippen molar-refractivity contribution in [3.63, 3.8) is 0 Å². The van der Waals surface area contributed by atoms with Gasteiger partial charge in [0.15, 0.2) is 0 Å². The Balaban J connectivity index is 1.49. The quantitative estimate of drug-likeness (QED) is 0.637. The van der Waals surface area contributed by atoms with E-state index in [-0.39, 0.29) is 5.25 Å². The Kier molecular flexibility index (Phi) is 4.78. The SMILES string of the molecule is C[C@H](Sc1nnnn1C1CCCCC1)c1nnc(-c2ccccc2)o1. The number of nitrogens with zero attached hydrogens (tertiary/aromatic N) is 6. The van der Waals surface area contributed by atoms with Crippen LogP contribution in [-0.4, -0.2) is 30.4 Å². The van der Waals surface area contributed by atoms with Crippen molar-refractivity contribution >= 4 is 11.8 Å². The van der Waals surface area contributed by atoms with Crippen molar-refractivity contribution in [1.82, 2.24) is 30.4 Å². The third-order valence-corrected chi connectivity index (χ3v) is 5.51. The monoisotopic (exact) mass is 356 g/mol. The van der Waals surface area contributed by atoms with Crippen LogP contribution >= 0.6 is 11.8 Å². The lowest BCUT2D eigenvalue weighted by Crippen LogP contribution is -2.15. The largest absolute Gasteiger partial charge is 0.419 e. The maximum Gasteiger partial charge on any atom is 0.247 e. The number of hydrogen-bond acceptors (Lipinski definition) is 7. The van der Waals surface area contributed by atoms with Crippen molar-refractivity contribution in [1.29, 1.82) is 0 Å². The molecule has 0 N–H and O–H groups in total. The van der Waals surface area contributed by atoms with E-state index in [0.29, 0.717) is 17.8 Å². The van der Waals surface area contributed by atoms with Crippen LogP contribution in [0, 0.1) is 0 Å². The first-order chi connectivity index (χ1) is 12.3. The number of thioether (sulfide) groups is 1. The molecule has 0 amide bonds. The van der Waals surface area contributed by atoms with Crippen molar-refractivity contribution in [2.24, 2.45) is 0 Å². The summed E-state index contributed by atoms with van der Waals surface area (Å²) < 4.78 is 7.81. The summed E-state index contributed by atoms with van der Waals surface area (Å²) in [5, 5.41) is 21.4. The summed E-state index contributed by atoms with van der Waals surface area (Å²) in [5.74, 6) is 1.12. The molecular formula is C17H20N6OS. The normalized spacial score (nSPS) is 16.8. The third kappa shape index (κ3) is 3.58. The molecule has 8 heteroatoms. The predicted molar refractivity (Wildman–Crippen MR) is 93.9 cm³/mol. The second-order valence-electron chi connectivity index (χ2n) is 6.27. The van der Waals surface area contributed by atoms with Crippen molar-refractivity contribution < 1.29 is 4.42 Å². The molecule has 1 aliphatic carbocycles. The van der Waals surface area contributed by atoms with E-state index in [9.17, 15) is 0 Å². The van der Waals surface area contributed by atoms with Gasteiger partial charge in [0.2, 0.25) is 16.9 Å². The molecule has 0 spiro atoms. The molecular weight excluding hydrogens is 336 g/mol. The second-order valence-corrected chi connectivity index (χ2v) is 7.58. The maximum atomic E-state index is 5.84. The van der Waals surface area contributed by atoms with Gasteiger partial charge in [0.25, 0.3) is 0 Å².